The predicted molar refractivity (Wildman–Crippen MR) is 103 cm³/mol. The van der Waals surface area contributed by atoms with Gasteiger partial charge in [0.25, 0.3) is 0 Å². The highest BCUT2D eigenvalue weighted by Gasteiger charge is 2.14. The minimum Gasteiger partial charge on any atom is -0.496 e. The molecule has 0 saturated carbocycles. The van der Waals surface area contributed by atoms with Crippen molar-refractivity contribution >= 4 is 0 Å². The van der Waals surface area contributed by atoms with Crippen LogP contribution in [0.25, 0.3) is 11.1 Å². The average molecular weight is 342 g/mol. The minimum absolute atomic E-state index is 0.386. The van der Waals surface area contributed by atoms with Gasteiger partial charge in [-0.25, -0.2) is 0 Å². The molecule has 3 heteroatoms. The lowest BCUT2D eigenvalue weighted by Crippen LogP contribution is -2.04. The molecule has 3 nitrogen and oxygen atoms in total. The van der Waals surface area contributed by atoms with Gasteiger partial charge in [0.1, 0.15) is 5.75 Å². The van der Waals surface area contributed by atoms with Gasteiger partial charge in [0.05, 0.1) is 7.11 Å². The Kier molecular flexibility index (Phi) is 6.63. The first-order chi connectivity index (χ1) is 11.8. The summed E-state index contributed by atoms with van der Waals surface area (Å²) in [7, 11) is 1.53. The predicted octanol–water partition coefficient (Wildman–Crippen LogP) is 4.74. The lowest BCUT2D eigenvalue weighted by atomic mass is 9.89. The number of aliphatic hydroxyl groups is 2. The van der Waals surface area contributed by atoms with Gasteiger partial charge in [-0.2, -0.15) is 0 Å². The van der Waals surface area contributed by atoms with E-state index in [0.717, 1.165) is 24.0 Å². The summed E-state index contributed by atoms with van der Waals surface area (Å²) in [5, 5.41) is 19.2. The summed E-state index contributed by atoms with van der Waals surface area (Å²) < 4.78 is 5.22. The Balaban J connectivity index is 2.47. The van der Waals surface area contributed by atoms with Crippen LogP contribution >= 0.6 is 0 Å². The van der Waals surface area contributed by atoms with Crippen molar-refractivity contribution in [2.75, 3.05) is 7.11 Å². The van der Waals surface area contributed by atoms with Gasteiger partial charge in [0.15, 0.2) is 6.29 Å². The third-order valence-electron chi connectivity index (χ3n) is 4.30. The second-order valence-corrected chi connectivity index (χ2v) is 7.51. The van der Waals surface area contributed by atoms with Gasteiger partial charge in [-0.1, -0.05) is 52.0 Å². The molecule has 0 aliphatic carbocycles. The van der Waals surface area contributed by atoms with Crippen LogP contribution < -0.4 is 4.74 Å². The molecule has 25 heavy (non-hydrogen) atoms. The first-order valence-corrected chi connectivity index (χ1v) is 8.98. The molecule has 0 aliphatic rings. The molecule has 0 saturated heterocycles. The van der Waals surface area contributed by atoms with E-state index in [2.05, 4.69) is 45.9 Å². The molecule has 2 rings (SSSR count). The molecule has 0 atom stereocenters. The highest BCUT2D eigenvalue weighted by molar-refractivity contribution is 5.67. The van der Waals surface area contributed by atoms with E-state index in [1.54, 1.807) is 12.1 Å². The number of rotatable bonds is 7. The van der Waals surface area contributed by atoms with Crippen LogP contribution in [0.4, 0.5) is 0 Å². The quantitative estimate of drug-likeness (QED) is 0.714. The van der Waals surface area contributed by atoms with Crippen LogP contribution in [0.2, 0.25) is 0 Å². The van der Waals surface area contributed by atoms with Crippen LogP contribution in [0.1, 0.15) is 50.7 Å². The number of hydrogen-bond acceptors (Lipinski definition) is 3. The smallest absolute Gasteiger partial charge is 0.182 e. The second-order valence-electron chi connectivity index (χ2n) is 7.51. The minimum atomic E-state index is -1.55. The SMILES string of the molecule is COc1ccc(-c2ccc(CC(C)C)c(CC(C)C)c2)cc1C(O)O. The zero-order chi connectivity index (χ0) is 18.6. The van der Waals surface area contributed by atoms with Crippen LogP contribution in [0.15, 0.2) is 36.4 Å². The lowest BCUT2D eigenvalue weighted by Gasteiger charge is -2.17. The number of methoxy groups -OCH3 is 1. The molecule has 0 amide bonds. The van der Waals surface area contributed by atoms with Gasteiger partial charge in [-0.15, -0.1) is 0 Å². The van der Waals surface area contributed by atoms with Gasteiger partial charge >= 0.3 is 0 Å². The maximum atomic E-state index is 9.60. The lowest BCUT2D eigenvalue weighted by molar-refractivity contribution is -0.0438. The maximum Gasteiger partial charge on any atom is 0.182 e. The third kappa shape index (κ3) is 5.07. The molecule has 136 valence electrons. The van der Waals surface area contributed by atoms with E-state index in [4.69, 9.17) is 4.74 Å². The highest BCUT2D eigenvalue weighted by Crippen LogP contribution is 2.31. The molecule has 0 aliphatic heterocycles. The Labute approximate surface area is 151 Å². The van der Waals surface area contributed by atoms with Crippen LogP contribution in [-0.2, 0) is 12.8 Å². The molecule has 0 fully saturated rings. The van der Waals surface area contributed by atoms with E-state index < -0.39 is 6.29 Å². The van der Waals surface area contributed by atoms with Gasteiger partial charge in [0, 0.05) is 5.56 Å². The normalized spacial score (nSPS) is 11.6. The van der Waals surface area contributed by atoms with Gasteiger partial charge in [0.2, 0.25) is 0 Å². The van der Waals surface area contributed by atoms with Crippen molar-refractivity contribution in [3.8, 4) is 16.9 Å². The van der Waals surface area contributed by atoms with Crippen molar-refractivity contribution in [3.05, 3.63) is 53.1 Å². The monoisotopic (exact) mass is 342 g/mol. The van der Waals surface area contributed by atoms with Crippen molar-refractivity contribution in [1.82, 2.24) is 0 Å². The summed E-state index contributed by atoms with van der Waals surface area (Å²) >= 11 is 0. The van der Waals surface area contributed by atoms with E-state index in [9.17, 15) is 10.2 Å². The molecule has 0 heterocycles. The summed E-state index contributed by atoms with van der Waals surface area (Å²) in [5.74, 6) is 1.69. The van der Waals surface area contributed by atoms with Gasteiger partial charge < -0.3 is 14.9 Å². The molecule has 0 bridgehead atoms. The third-order valence-corrected chi connectivity index (χ3v) is 4.30. The molecular formula is C22H30O3. The summed E-state index contributed by atoms with van der Waals surface area (Å²) in [6.45, 7) is 8.95. The number of hydrogen-bond donors (Lipinski definition) is 2. The fraction of sp³-hybridized carbons (Fsp3) is 0.455. The van der Waals surface area contributed by atoms with Crippen molar-refractivity contribution < 1.29 is 14.9 Å². The average Bonchev–Trinajstić information content (AvgIpc) is 2.54. The Bertz CT molecular complexity index is 702. The van der Waals surface area contributed by atoms with E-state index in [0.29, 0.717) is 23.1 Å². The van der Waals surface area contributed by atoms with E-state index in [1.165, 1.54) is 18.2 Å². The largest absolute Gasteiger partial charge is 0.496 e. The number of aliphatic hydroxyl groups excluding tert-OH is 1. The van der Waals surface area contributed by atoms with Gasteiger partial charge in [-0.05, 0) is 59.1 Å². The summed E-state index contributed by atoms with van der Waals surface area (Å²) in [5.41, 5.74) is 5.22. The van der Waals surface area contributed by atoms with Crippen molar-refractivity contribution in [3.63, 3.8) is 0 Å². The highest BCUT2D eigenvalue weighted by atomic mass is 16.5. The topological polar surface area (TPSA) is 49.7 Å². The van der Waals surface area contributed by atoms with E-state index >= 15 is 0 Å². The first kappa shape index (κ1) is 19.5. The molecule has 0 aromatic heterocycles. The zero-order valence-corrected chi connectivity index (χ0v) is 15.9. The summed E-state index contributed by atoms with van der Waals surface area (Å²) in [6.07, 6.45) is 0.567. The first-order valence-electron chi connectivity index (χ1n) is 8.98. The molecule has 0 radical (unpaired) electrons. The molecular weight excluding hydrogens is 312 g/mol. The standard InChI is InChI=1S/C22H30O3/c1-14(2)10-16-6-7-17(12-19(16)11-15(3)4)18-8-9-21(25-5)20(13-18)22(23)24/h6-9,12-15,22-24H,10-11H2,1-5H3. The Morgan fingerprint density at radius 1 is 0.800 bits per heavy atom. The zero-order valence-electron chi connectivity index (χ0n) is 15.9. The second kappa shape index (κ2) is 8.50. The van der Waals surface area contributed by atoms with Crippen LogP contribution in [0.5, 0.6) is 5.75 Å². The Hall–Kier alpha value is -1.84. The van der Waals surface area contributed by atoms with Crippen LogP contribution in [0.3, 0.4) is 0 Å². The van der Waals surface area contributed by atoms with E-state index in [-0.39, 0.29) is 0 Å². The van der Waals surface area contributed by atoms with Crippen molar-refractivity contribution in [2.24, 2.45) is 11.8 Å². The fourth-order valence-corrected chi connectivity index (χ4v) is 3.19. The molecule has 0 unspecified atom stereocenters. The molecule has 2 aromatic carbocycles. The maximum absolute atomic E-state index is 9.60. The van der Waals surface area contributed by atoms with Crippen molar-refractivity contribution in [2.45, 2.75) is 46.8 Å². The van der Waals surface area contributed by atoms with E-state index in [1.807, 2.05) is 6.07 Å². The molecule has 2 aromatic rings. The Morgan fingerprint density at radius 2 is 1.36 bits per heavy atom. The molecule has 0 spiro atoms. The summed E-state index contributed by atoms with van der Waals surface area (Å²) in [6, 6.07) is 12.1. The van der Waals surface area contributed by atoms with Crippen molar-refractivity contribution in [1.29, 1.82) is 0 Å². The fourth-order valence-electron chi connectivity index (χ4n) is 3.19. The van der Waals surface area contributed by atoms with Crippen LogP contribution in [0, 0.1) is 11.8 Å². The van der Waals surface area contributed by atoms with Crippen LogP contribution in [-0.4, -0.2) is 17.3 Å². The van der Waals surface area contributed by atoms with Gasteiger partial charge in [-0.3, -0.25) is 0 Å². The summed E-state index contributed by atoms with van der Waals surface area (Å²) in [4.78, 5) is 0. The number of benzene rings is 2. The Morgan fingerprint density at radius 3 is 1.92 bits per heavy atom. The molecule has 2 N–H and O–H groups in total. The number of ether oxygens (including phenoxy) is 1.